The first-order chi connectivity index (χ1) is 17.5. The highest BCUT2D eigenvalue weighted by atomic mass is 16.5. The first-order valence-electron chi connectivity index (χ1n) is 14.2. The van der Waals surface area contributed by atoms with Crippen LogP contribution in [0.25, 0.3) is 0 Å². The Morgan fingerprint density at radius 2 is 1.17 bits per heavy atom. The van der Waals surface area contributed by atoms with Crippen LogP contribution in [0.4, 0.5) is 0 Å². The van der Waals surface area contributed by atoms with Gasteiger partial charge in [-0.3, -0.25) is 0 Å². The van der Waals surface area contributed by atoms with Crippen molar-refractivity contribution in [3.63, 3.8) is 0 Å². The molecule has 200 valence electrons. The van der Waals surface area contributed by atoms with E-state index in [-0.39, 0.29) is 5.97 Å². The van der Waals surface area contributed by atoms with E-state index in [9.17, 15) is 4.79 Å². The van der Waals surface area contributed by atoms with Crippen molar-refractivity contribution >= 4 is 5.97 Å². The third kappa shape index (κ3) is 13.0. The van der Waals surface area contributed by atoms with Crippen LogP contribution in [0.5, 0.6) is 17.2 Å². The van der Waals surface area contributed by atoms with Crippen LogP contribution < -0.4 is 14.2 Å². The molecular weight excluding hydrogens is 448 g/mol. The zero-order valence-electron chi connectivity index (χ0n) is 23.1. The van der Waals surface area contributed by atoms with E-state index in [1.165, 1.54) is 57.8 Å². The van der Waals surface area contributed by atoms with Gasteiger partial charge in [0, 0.05) is 0 Å². The molecule has 0 N–H and O–H groups in total. The van der Waals surface area contributed by atoms with E-state index >= 15 is 0 Å². The second kappa shape index (κ2) is 17.9. The molecule has 0 aliphatic heterocycles. The Balaban J connectivity index is 1.64. The fourth-order valence-corrected chi connectivity index (χ4v) is 4.02. The van der Waals surface area contributed by atoms with Crippen LogP contribution in [0.15, 0.2) is 48.5 Å². The predicted octanol–water partition coefficient (Wildman–Crippen LogP) is 9.27. The largest absolute Gasteiger partial charge is 0.494 e. The van der Waals surface area contributed by atoms with E-state index in [0.717, 1.165) is 36.9 Å². The standard InChI is InChI=1S/C32H48O4/c1-5-6-7-8-9-10-11-12-24-34-30-19-21-31(22-20-30)36-32(33)28-15-17-29(18-16-28)35-25-23-27(4)14-13-26(2)3/h15-22,26-27H,5-14,23-25H2,1-4H3/t27-/m0/s1. The third-order valence-electron chi connectivity index (χ3n) is 6.51. The molecule has 0 unspecified atom stereocenters. The summed E-state index contributed by atoms with van der Waals surface area (Å²) in [6.45, 7) is 10.5. The number of ether oxygens (including phenoxy) is 3. The molecule has 4 heteroatoms. The van der Waals surface area contributed by atoms with Gasteiger partial charge in [-0.1, -0.05) is 85.5 Å². The lowest BCUT2D eigenvalue weighted by atomic mass is 9.97. The molecule has 0 amide bonds. The van der Waals surface area contributed by atoms with Crippen molar-refractivity contribution < 1.29 is 19.0 Å². The maximum absolute atomic E-state index is 12.5. The molecule has 0 radical (unpaired) electrons. The summed E-state index contributed by atoms with van der Waals surface area (Å²) in [5.74, 6) is 3.12. The molecule has 4 nitrogen and oxygen atoms in total. The lowest BCUT2D eigenvalue weighted by Gasteiger charge is -2.13. The van der Waals surface area contributed by atoms with Gasteiger partial charge in [0.05, 0.1) is 18.8 Å². The predicted molar refractivity (Wildman–Crippen MR) is 149 cm³/mol. The monoisotopic (exact) mass is 496 g/mol. The number of unbranched alkanes of at least 4 members (excludes halogenated alkanes) is 7. The van der Waals surface area contributed by atoms with Crippen molar-refractivity contribution in [2.75, 3.05) is 13.2 Å². The maximum atomic E-state index is 12.5. The molecule has 0 aromatic heterocycles. The van der Waals surface area contributed by atoms with E-state index in [1.807, 2.05) is 24.3 Å². The summed E-state index contributed by atoms with van der Waals surface area (Å²) >= 11 is 0. The maximum Gasteiger partial charge on any atom is 0.343 e. The number of carbonyl (C=O) groups is 1. The normalized spacial score (nSPS) is 11.9. The second-order valence-corrected chi connectivity index (χ2v) is 10.4. The van der Waals surface area contributed by atoms with Crippen LogP contribution in [0.3, 0.4) is 0 Å². The molecule has 1 atom stereocenters. The van der Waals surface area contributed by atoms with Gasteiger partial charge in [0.1, 0.15) is 17.2 Å². The highest BCUT2D eigenvalue weighted by Crippen LogP contribution is 2.21. The Hall–Kier alpha value is -2.49. The molecule has 2 aromatic rings. The van der Waals surface area contributed by atoms with Crippen LogP contribution in [-0.4, -0.2) is 19.2 Å². The fourth-order valence-electron chi connectivity index (χ4n) is 4.02. The summed E-state index contributed by atoms with van der Waals surface area (Å²) in [7, 11) is 0. The van der Waals surface area contributed by atoms with Crippen molar-refractivity contribution in [3.8, 4) is 17.2 Å². The zero-order valence-corrected chi connectivity index (χ0v) is 23.1. The number of hydrogen-bond acceptors (Lipinski definition) is 4. The van der Waals surface area contributed by atoms with Gasteiger partial charge in [0.2, 0.25) is 0 Å². The Bertz CT molecular complexity index is 826. The highest BCUT2D eigenvalue weighted by molar-refractivity contribution is 5.91. The van der Waals surface area contributed by atoms with Crippen molar-refractivity contribution in [3.05, 3.63) is 54.1 Å². The van der Waals surface area contributed by atoms with Crippen molar-refractivity contribution in [2.24, 2.45) is 11.8 Å². The van der Waals surface area contributed by atoms with Crippen molar-refractivity contribution in [1.29, 1.82) is 0 Å². The van der Waals surface area contributed by atoms with Crippen LogP contribution in [0, 0.1) is 11.8 Å². The molecular formula is C32H48O4. The van der Waals surface area contributed by atoms with E-state index in [0.29, 0.717) is 23.8 Å². The van der Waals surface area contributed by atoms with Gasteiger partial charge in [0.15, 0.2) is 0 Å². The lowest BCUT2D eigenvalue weighted by Crippen LogP contribution is -2.09. The quantitative estimate of drug-likeness (QED) is 0.110. The topological polar surface area (TPSA) is 44.8 Å². The summed E-state index contributed by atoms with van der Waals surface area (Å²) in [6, 6.07) is 14.4. The van der Waals surface area contributed by atoms with Crippen LogP contribution >= 0.6 is 0 Å². The SMILES string of the molecule is CCCCCCCCCCOc1ccc(OC(=O)c2ccc(OCC[C@@H](C)CCC(C)C)cc2)cc1. The minimum atomic E-state index is -0.378. The summed E-state index contributed by atoms with van der Waals surface area (Å²) in [6.07, 6.45) is 13.8. The van der Waals surface area contributed by atoms with Gasteiger partial charge < -0.3 is 14.2 Å². The first kappa shape index (κ1) is 29.7. The fraction of sp³-hybridized carbons (Fsp3) is 0.594. The average molecular weight is 497 g/mol. The number of rotatable bonds is 19. The Morgan fingerprint density at radius 3 is 1.78 bits per heavy atom. The summed E-state index contributed by atoms with van der Waals surface area (Å²) in [5, 5.41) is 0. The molecule has 2 rings (SSSR count). The molecule has 0 fully saturated rings. The molecule has 0 saturated heterocycles. The molecule has 0 bridgehead atoms. The molecule has 0 heterocycles. The van der Waals surface area contributed by atoms with E-state index in [4.69, 9.17) is 14.2 Å². The van der Waals surface area contributed by atoms with Gasteiger partial charge in [-0.05, 0) is 73.2 Å². The van der Waals surface area contributed by atoms with Crippen LogP contribution in [0.1, 0.15) is 109 Å². The second-order valence-electron chi connectivity index (χ2n) is 10.4. The lowest BCUT2D eigenvalue weighted by molar-refractivity contribution is 0.0734. The Kier molecular flexibility index (Phi) is 14.8. The van der Waals surface area contributed by atoms with E-state index in [2.05, 4.69) is 27.7 Å². The minimum Gasteiger partial charge on any atom is -0.494 e. The smallest absolute Gasteiger partial charge is 0.343 e. The molecule has 0 spiro atoms. The number of esters is 1. The molecule has 0 aliphatic rings. The van der Waals surface area contributed by atoms with E-state index in [1.54, 1.807) is 24.3 Å². The zero-order chi connectivity index (χ0) is 26.0. The molecule has 0 saturated carbocycles. The molecule has 0 aliphatic carbocycles. The first-order valence-corrected chi connectivity index (χ1v) is 14.2. The van der Waals surface area contributed by atoms with Crippen LogP contribution in [-0.2, 0) is 0 Å². The van der Waals surface area contributed by atoms with Gasteiger partial charge in [0.25, 0.3) is 0 Å². The van der Waals surface area contributed by atoms with Crippen LogP contribution in [0.2, 0.25) is 0 Å². The number of carbonyl (C=O) groups excluding carboxylic acids is 1. The van der Waals surface area contributed by atoms with Crippen molar-refractivity contribution in [2.45, 2.75) is 98.3 Å². The summed E-state index contributed by atoms with van der Waals surface area (Å²) in [4.78, 5) is 12.5. The third-order valence-corrected chi connectivity index (χ3v) is 6.51. The van der Waals surface area contributed by atoms with E-state index < -0.39 is 0 Å². The highest BCUT2D eigenvalue weighted by Gasteiger charge is 2.10. The van der Waals surface area contributed by atoms with Gasteiger partial charge >= 0.3 is 5.97 Å². The number of benzene rings is 2. The molecule has 36 heavy (non-hydrogen) atoms. The minimum absolute atomic E-state index is 0.378. The average Bonchev–Trinajstić information content (AvgIpc) is 2.88. The van der Waals surface area contributed by atoms with Gasteiger partial charge in [-0.25, -0.2) is 4.79 Å². The van der Waals surface area contributed by atoms with Crippen molar-refractivity contribution in [1.82, 2.24) is 0 Å². The summed E-state index contributed by atoms with van der Waals surface area (Å²) in [5.41, 5.74) is 0.502. The summed E-state index contributed by atoms with van der Waals surface area (Å²) < 4.78 is 17.2. The van der Waals surface area contributed by atoms with Gasteiger partial charge in [-0.2, -0.15) is 0 Å². The van der Waals surface area contributed by atoms with Gasteiger partial charge in [-0.15, -0.1) is 0 Å². The Labute approximate surface area is 219 Å². The number of hydrogen-bond donors (Lipinski definition) is 0. The molecule has 2 aromatic carbocycles. The Morgan fingerprint density at radius 1 is 0.639 bits per heavy atom.